The van der Waals surface area contributed by atoms with E-state index in [1.807, 2.05) is 55.4 Å². The molecule has 0 radical (unpaired) electrons. The predicted molar refractivity (Wildman–Crippen MR) is 139 cm³/mol. The van der Waals surface area contributed by atoms with Gasteiger partial charge >= 0.3 is 5.97 Å². The number of methoxy groups -OCH3 is 1. The van der Waals surface area contributed by atoms with Crippen molar-refractivity contribution in [1.82, 2.24) is 4.90 Å². The molecule has 1 atom stereocenters. The largest absolute Gasteiger partial charge is 0.467 e. The molecule has 0 fully saturated rings. The van der Waals surface area contributed by atoms with Gasteiger partial charge in [-0.3, -0.25) is 10.1 Å². The lowest BCUT2D eigenvalue weighted by Crippen LogP contribution is -2.45. The van der Waals surface area contributed by atoms with Crippen LogP contribution in [0.3, 0.4) is 0 Å². The molecule has 0 aliphatic heterocycles. The highest BCUT2D eigenvalue weighted by atomic mass is 16.6. The first-order valence-electron chi connectivity index (χ1n) is 12.2. The maximum absolute atomic E-state index is 12.6. The van der Waals surface area contributed by atoms with Gasteiger partial charge in [-0.2, -0.15) is 0 Å². The normalized spacial score (nSPS) is 11.6. The van der Waals surface area contributed by atoms with Crippen LogP contribution in [0.1, 0.15) is 102 Å². The van der Waals surface area contributed by atoms with Crippen molar-refractivity contribution < 1.29 is 14.5 Å². The van der Waals surface area contributed by atoms with Gasteiger partial charge in [0.25, 0.3) is 5.70 Å². The van der Waals surface area contributed by atoms with Crippen LogP contribution in [0.2, 0.25) is 0 Å². The van der Waals surface area contributed by atoms with Gasteiger partial charge in [-0.1, -0.05) is 94.2 Å². The van der Waals surface area contributed by atoms with E-state index in [4.69, 9.17) is 4.74 Å². The summed E-state index contributed by atoms with van der Waals surface area (Å²) >= 11 is 0. The van der Waals surface area contributed by atoms with E-state index in [0.29, 0.717) is 18.7 Å². The van der Waals surface area contributed by atoms with Crippen LogP contribution in [0.15, 0.2) is 36.2 Å². The third kappa shape index (κ3) is 15.7. The van der Waals surface area contributed by atoms with E-state index in [1.54, 1.807) is 23.1 Å². The Balaban J connectivity index is -0.000000597. The number of rotatable bonds is 12. The van der Waals surface area contributed by atoms with E-state index in [-0.39, 0.29) is 17.1 Å². The summed E-state index contributed by atoms with van der Waals surface area (Å²) < 4.78 is 5.03. The van der Waals surface area contributed by atoms with Gasteiger partial charge < -0.3 is 9.64 Å². The number of hydrogen-bond donors (Lipinski definition) is 0. The molecule has 1 unspecified atom stereocenters. The number of unbranched alkanes of at least 4 members (excludes halogenated alkanes) is 1. The van der Waals surface area contributed by atoms with E-state index < -0.39 is 11.0 Å². The van der Waals surface area contributed by atoms with Gasteiger partial charge in [0.05, 0.1) is 12.0 Å². The van der Waals surface area contributed by atoms with Crippen LogP contribution >= 0.6 is 0 Å². The van der Waals surface area contributed by atoms with Crippen molar-refractivity contribution in [3.05, 3.63) is 46.3 Å². The second kappa shape index (κ2) is 23.6. The molecule has 0 aromatic heterocycles. The van der Waals surface area contributed by atoms with Crippen LogP contribution in [0, 0.1) is 15.5 Å². The summed E-state index contributed by atoms with van der Waals surface area (Å²) in [4.78, 5) is 25.2. The Morgan fingerprint density at radius 2 is 1.66 bits per heavy atom. The molecule has 6 nitrogen and oxygen atoms in total. The topological polar surface area (TPSA) is 72.7 Å². The van der Waals surface area contributed by atoms with Gasteiger partial charge in [-0.25, -0.2) is 4.79 Å². The minimum Gasteiger partial charge on any atom is -0.467 e. The highest BCUT2D eigenvalue weighted by molar-refractivity contribution is 5.76. The third-order valence-corrected chi connectivity index (χ3v) is 4.58. The lowest BCUT2D eigenvalue weighted by molar-refractivity contribution is -0.422. The Kier molecular flexibility index (Phi) is 27.4. The third-order valence-electron chi connectivity index (χ3n) is 4.58. The number of hydrogen-bond acceptors (Lipinski definition) is 5. The summed E-state index contributed by atoms with van der Waals surface area (Å²) in [5, 5.41) is 11.4. The van der Waals surface area contributed by atoms with Crippen molar-refractivity contribution in [3.63, 3.8) is 0 Å². The number of allylic oxidation sites excluding steroid dienone is 3. The Bertz CT molecular complexity index is 552. The minimum atomic E-state index is -0.602. The SMILES string of the molecule is C=C(/C(=C\C=C/C)N(CCCC)C(CC(C)(C)CC)C(=O)OC)[N+](=O)[O-].CC.CC.CC. The molecule has 0 spiro atoms. The highest BCUT2D eigenvalue weighted by Gasteiger charge is 2.35. The molecule has 0 N–H and O–H groups in total. The first kappa shape index (κ1) is 37.2. The molecule has 32 heavy (non-hydrogen) atoms. The molecular weight excluding hydrogens is 404 g/mol. The zero-order valence-corrected chi connectivity index (χ0v) is 23.1. The molecular formula is C26H52N2O4. The highest BCUT2D eigenvalue weighted by Crippen LogP contribution is 2.31. The second-order valence-electron chi connectivity index (χ2n) is 7.09. The molecule has 0 bridgehead atoms. The summed E-state index contributed by atoms with van der Waals surface area (Å²) in [6.07, 6.45) is 8.29. The zero-order valence-electron chi connectivity index (χ0n) is 23.1. The van der Waals surface area contributed by atoms with Gasteiger partial charge in [0, 0.05) is 6.54 Å². The fourth-order valence-corrected chi connectivity index (χ4v) is 2.54. The van der Waals surface area contributed by atoms with E-state index >= 15 is 0 Å². The van der Waals surface area contributed by atoms with Crippen molar-refractivity contribution >= 4 is 5.97 Å². The molecule has 0 aromatic carbocycles. The van der Waals surface area contributed by atoms with E-state index in [1.165, 1.54) is 7.11 Å². The van der Waals surface area contributed by atoms with E-state index in [2.05, 4.69) is 27.4 Å². The Morgan fingerprint density at radius 3 is 2.00 bits per heavy atom. The van der Waals surface area contributed by atoms with Gasteiger partial charge in [0.1, 0.15) is 11.7 Å². The molecule has 190 valence electrons. The first-order chi connectivity index (χ1) is 15.1. The molecule has 0 amide bonds. The Morgan fingerprint density at radius 1 is 1.16 bits per heavy atom. The average Bonchev–Trinajstić information content (AvgIpc) is 2.82. The minimum absolute atomic E-state index is 0.106. The van der Waals surface area contributed by atoms with E-state index in [0.717, 1.165) is 19.3 Å². The molecule has 0 aliphatic carbocycles. The summed E-state index contributed by atoms with van der Waals surface area (Å²) in [7, 11) is 1.35. The van der Waals surface area contributed by atoms with Gasteiger partial charge in [0.2, 0.25) is 0 Å². The quantitative estimate of drug-likeness (QED) is 0.130. The number of nitrogens with zero attached hydrogens (tertiary/aromatic N) is 2. The number of carbonyl (C=O) groups is 1. The van der Waals surface area contributed by atoms with Crippen molar-refractivity contribution in [2.75, 3.05) is 13.7 Å². The van der Waals surface area contributed by atoms with Gasteiger partial charge in [-0.15, -0.1) is 0 Å². The summed E-state index contributed by atoms with van der Waals surface area (Å²) in [6, 6.07) is -0.602. The van der Waals surface area contributed by atoms with Crippen molar-refractivity contribution in [2.24, 2.45) is 5.41 Å². The lowest BCUT2D eigenvalue weighted by Gasteiger charge is -2.36. The lowest BCUT2D eigenvalue weighted by atomic mass is 9.82. The standard InChI is InChI=1S/C20H34N2O4.3C2H6/c1-8-11-13-17(16(4)22(24)25)21(14-12-9-2)18(19(23)26-7)15-20(5,6)10-3;3*1-2/h8,11,13,18H,4,9-10,12,14-15H2,1-3,5-7H3;3*1-2H3/b11-8-,17-13+;;;. The number of carbonyl (C=O) groups excluding carboxylic acids is 1. The number of ether oxygens (including phenoxy) is 1. The average molecular weight is 457 g/mol. The maximum Gasteiger partial charge on any atom is 0.328 e. The molecule has 0 heterocycles. The molecule has 6 heteroatoms. The summed E-state index contributed by atoms with van der Waals surface area (Å²) in [5.74, 6) is -0.384. The number of esters is 1. The monoisotopic (exact) mass is 456 g/mol. The van der Waals surface area contributed by atoms with Crippen LogP contribution in [-0.4, -0.2) is 35.5 Å². The Hall–Kier alpha value is -2.11. The second-order valence-corrected chi connectivity index (χ2v) is 7.09. The van der Waals surface area contributed by atoms with Gasteiger partial charge in [0.15, 0.2) is 0 Å². The molecule has 0 rings (SSSR count). The van der Waals surface area contributed by atoms with Crippen molar-refractivity contribution in [2.45, 2.75) is 108 Å². The van der Waals surface area contributed by atoms with Gasteiger partial charge in [-0.05, 0) is 37.8 Å². The van der Waals surface area contributed by atoms with Crippen molar-refractivity contribution in [1.29, 1.82) is 0 Å². The predicted octanol–water partition coefficient (Wildman–Crippen LogP) is 7.79. The van der Waals surface area contributed by atoms with Crippen LogP contribution in [0.25, 0.3) is 0 Å². The molecule has 0 saturated heterocycles. The fourth-order valence-electron chi connectivity index (χ4n) is 2.54. The van der Waals surface area contributed by atoms with Crippen molar-refractivity contribution in [3.8, 4) is 0 Å². The maximum atomic E-state index is 12.6. The molecule has 0 saturated carbocycles. The fraction of sp³-hybridized carbons (Fsp3) is 0.731. The van der Waals surface area contributed by atoms with E-state index in [9.17, 15) is 14.9 Å². The number of nitro groups is 1. The van der Waals surface area contributed by atoms with Crippen LogP contribution < -0.4 is 0 Å². The Labute approximate surface area is 198 Å². The van der Waals surface area contributed by atoms with Crippen LogP contribution in [0.4, 0.5) is 0 Å². The van der Waals surface area contributed by atoms with Crippen LogP contribution in [0.5, 0.6) is 0 Å². The van der Waals surface area contributed by atoms with Crippen LogP contribution in [-0.2, 0) is 9.53 Å². The summed E-state index contributed by atoms with van der Waals surface area (Å²) in [6.45, 7) is 26.2. The first-order valence-corrected chi connectivity index (χ1v) is 12.2. The smallest absolute Gasteiger partial charge is 0.328 e. The molecule has 0 aliphatic rings. The zero-order chi connectivity index (χ0) is 26.3. The molecule has 0 aromatic rings. The summed E-state index contributed by atoms with van der Waals surface area (Å²) in [5.41, 5.74) is 0.0246.